The second-order valence-corrected chi connectivity index (χ2v) is 9.10. The van der Waals surface area contributed by atoms with E-state index in [-0.39, 0.29) is 23.5 Å². The Labute approximate surface area is 176 Å². The van der Waals surface area contributed by atoms with Crippen LogP contribution in [0.4, 0.5) is 0 Å². The Morgan fingerprint density at radius 2 is 2.03 bits per heavy atom. The van der Waals surface area contributed by atoms with Crippen molar-refractivity contribution in [2.75, 3.05) is 14.2 Å². The maximum Gasteiger partial charge on any atom is 0.259 e. The molecule has 0 unspecified atom stereocenters. The predicted molar refractivity (Wildman–Crippen MR) is 115 cm³/mol. The van der Waals surface area contributed by atoms with Crippen LogP contribution in [0.3, 0.4) is 0 Å². The number of hydrogen-bond acceptors (Lipinski definition) is 5. The van der Waals surface area contributed by atoms with Crippen molar-refractivity contribution in [1.82, 2.24) is 14.5 Å². The van der Waals surface area contributed by atoms with Crippen LogP contribution in [0.25, 0.3) is 0 Å². The zero-order valence-corrected chi connectivity index (χ0v) is 18.7. The third kappa shape index (κ3) is 5.14. The van der Waals surface area contributed by atoms with E-state index >= 15 is 0 Å². The molecule has 158 valence electrons. The van der Waals surface area contributed by atoms with E-state index in [9.17, 15) is 9.59 Å². The van der Waals surface area contributed by atoms with Gasteiger partial charge in [0.25, 0.3) is 5.91 Å². The average molecular weight is 418 g/mol. The number of rotatable bonds is 7. The van der Waals surface area contributed by atoms with Crippen molar-refractivity contribution >= 4 is 17.2 Å². The fourth-order valence-corrected chi connectivity index (χ4v) is 4.82. The number of amides is 1. The van der Waals surface area contributed by atoms with E-state index in [0.29, 0.717) is 18.2 Å². The van der Waals surface area contributed by atoms with E-state index in [1.807, 2.05) is 19.2 Å². The van der Waals surface area contributed by atoms with Gasteiger partial charge in [0.2, 0.25) is 0 Å². The number of hydrogen-bond donors (Lipinski definition) is 0. The molecule has 1 aliphatic rings. The summed E-state index contributed by atoms with van der Waals surface area (Å²) in [6, 6.07) is 1.59. The van der Waals surface area contributed by atoms with Crippen molar-refractivity contribution in [3.63, 3.8) is 0 Å². The highest BCUT2D eigenvalue weighted by molar-refractivity contribution is 7.09. The number of nitrogens with zero attached hydrogens (tertiary/aromatic N) is 3. The lowest BCUT2D eigenvalue weighted by Crippen LogP contribution is -2.35. The molecule has 2 aromatic rings. The molecule has 1 amide bonds. The van der Waals surface area contributed by atoms with Crippen molar-refractivity contribution in [2.24, 2.45) is 5.92 Å². The summed E-state index contributed by atoms with van der Waals surface area (Å²) >= 11 is 1.56. The lowest BCUT2D eigenvalue weighted by Gasteiger charge is -2.27. The van der Waals surface area contributed by atoms with Gasteiger partial charge in [0.15, 0.2) is 5.43 Å². The molecule has 0 saturated heterocycles. The summed E-state index contributed by atoms with van der Waals surface area (Å²) in [4.78, 5) is 32.1. The van der Waals surface area contributed by atoms with Crippen LogP contribution in [-0.4, -0.2) is 34.5 Å². The molecule has 0 radical (unpaired) electrons. The molecule has 1 saturated carbocycles. The number of ether oxygens (including phenoxy) is 1. The van der Waals surface area contributed by atoms with Crippen LogP contribution in [0.2, 0.25) is 0 Å². The van der Waals surface area contributed by atoms with Crippen LogP contribution >= 0.6 is 11.3 Å². The molecule has 7 heteroatoms. The number of aromatic nitrogens is 2. The third-order valence-corrected chi connectivity index (χ3v) is 6.52. The summed E-state index contributed by atoms with van der Waals surface area (Å²) < 4.78 is 7.55. The van der Waals surface area contributed by atoms with Gasteiger partial charge in [0.05, 0.1) is 29.5 Å². The first-order valence-corrected chi connectivity index (χ1v) is 11.2. The predicted octanol–water partition coefficient (Wildman–Crippen LogP) is 3.92. The fourth-order valence-electron chi connectivity index (χ4n) is 4.21. The highest BCUT2D eigenvalue weighted by Crippen LogP contribution is 2.26. The van der Waals surface area contributed by atoms with E-state index in [1.54, 1.807) is 36.5 Å². The quantitative estimate of drug-likeness (QED) is 0.685. The molecule has 1 aliphatic carbocycles. The summed E-state index contributed by atoms with van der Waals surface area (Å²) in [6.07, 6.45) is 6.21. The minimum absolute atomic E-state index is 0.225. The Bertz CT molecular complexity index is 913. The molecule has 2 heterocycles. The van der Waals surface area contributed by atoms with Crippen LogP contribution in [0.5, 0.6) is 0 Å². The second-order valence-electron chi connectivity index (χ2n) is 8.04. The molecule has 6 nitrogen and oxygen atoms in total. The van der Waals surface area contributed by atoms with Gasteiger partial charge in [-0.05, 0) is 32.6 Å². The lowest BCUT2D eigenvalue weighted by atomic mass is 9.89. The van der Waals surface area contributed by atoms with Crippen LogP contribution in [0.15, 0.2) is 16.2 Å². The normalized spacial score (nSPS) is 14.9. The van der Waals surface area contributed by atoms with E-state index in [0.717, 1.165) is 22.9 Å². The van der Waals surface area contributed by atoms with Gasteiger partial charge in [-0.15, -0.1) is 11.3 Å². The van der Waals surface area contributed by atoms with Gasteiger partial charge in [0, 0.05) is 37.8 Å². The van der Waals surface area contributed by atoms with Crippen molar-refractivity contribution in [2.45, 2.75) is 65.6 Å². The van der Waals surface area contributed by atoms with Gasteiger partial charge < -0.3 is 14.2 Å². The molecule has 0 bridgehead atoms. The maximum absolute atomic E-state index is 13.3. The zero-order chi connectivity index (χ0) is 21.0. The molecule has 29 heavy (non-hydrogen) atoms. The molecule has 3 rings (SSSR count). The summed E-state index contributed by atoms with van der Waals surface area (Å²) in [6.45, 7) is 5.34. The van der Waals surface area contributed by atoms with Gasteiger partial charge in [-0.25, -0.2) is 4.98 Å². The molecule has 0 aromatic carbocycles. The monoisotopic (exact) mass is 417 g/mol. The number of carbonyl (C=O) groups is 1. The molecule has 0 aliphatic heterocycles. The Kier molecular flexibility index (Phi) is 7.24. The Morgan fingerprint density at radius 1 is 1.31 bits per heavy atom. The molecule has 1 fully saturated rings. The largest absolute Gasteiger partial charge is 0.378 e. The SMILES string of the molecule is COCc1c(C(=O)N(C)Cc2csc(C)n2)c(=O)cc(C)n1CC1CCCCC1. The highest BCUT2D eigenvalue weighted by Gasteiger charge is 2.25. The minimum Gasteiger partial charge on any atom is -0.378 e. The van der Waals surface area contributed by atoms with Gasteiger partial charge in [0.1, 0.15) is 5.56 Å². The maximum atomic E-state index is 13.3. The topological polar surface area (TPSA) is 64.4 Å². The van der Waals surface area contributed by atoms with Crippen LogP contribution < -0.4 is 5.43 Å². The number of pyridine rings is 1. The number of carbonyl (C=O) groups excluding carboxylic acids is 1. The fraction of sp³-hybridized carbons (Fsp3) is 0.591. The van der Waals surface area contributed by atoms with Crippen molar-refractivity contribution < 1.29 is 9.53 Å². The van der Waals surface area contributed by atoms with Gasteiger partial charge in [-0.1, -0.05) is 19.3 Å². The molecule has 0 N–H and O–H groups in total. The summed E-state index contributed by atoms with van der Waals surface area (Å²) in [5, 5.41) is 2.91. The Hall–Kier alpha value is -1.99. The van der Waals surface area contributed by atoms with Crippen LogP contribution in [0, 0.1) is 19.8 Å². The third-order valence-electron chi connectivity index (χ3n) is 5.70. The lowest BCUT2D eigenvalue weighted by molar-refractivity contribution is 0.0774. The first-order chi connectivity index (χ1) is 13.9. The van der Waals surface area contributed by atoms with Crippen molar-refractivity contribution in [3.05, 3.63) is 49.3 Å². The zero-order valence-electron chi connectivity index (χ0n) is 17.9. The molecule has 0 atom stereocenters. The van der Waals surface area contributed by atoms with E-state index in [2.05, 4.69) is 9.55 Å². The van der Waals surface area contributed by atoms with E-state index in [1.165, 1.54) is 32.1 Å². The molecule has 0 spiro atoms. The summed E-state index contributed by atoms with van der Waals surface area (Å²) in [7, 11) is 3.33. The van der Waals surface area contributed by atoms with Crippen LogP contribution in [0.1, 0.15) is 64.6 Å². The van der Waals surface area contributed by atoms with Gasteiger partial charge in [-0.3, -0.25) is 9.59 Å². The molecular formula is C22H31N3O3S. The standard InChI is InChI=1S/C22H31N3O3S/c1-15-10-20(26)21(22(27)24(3)12-18-14-29-16(2)23-18)19(13-28-4)25(15)11-17-8-6-5-7-9-17/h10,14,17H,5-9,11-13H2,1-4H3. The first-order valence-electron chi connectivity index (χ1n) is 10.3. The molecular weight excluding hydrogens is 386 g/mol. The van der Waals surface area contributed by atoms with E-state index in [4.69, 9.17) is 4.74 Å². The van der Waals surface area contributed by atoms with Crippen LogP contribution in [-0.2, 0) is 24.4 Å². The Balaban J connectivity index is 1.94. The Morgan fingerprint density at radius 3 is 2.66 bits per heavy atom. The number of thiazole rings is 1. The average Bonchev–Trinajstić information content (AvgIpc) is 3.10. The minimum atomic E-state index is -0.273. The van der Waals surface area contributed by atoms with Crippen molar-refractivity contribution in [1.29, 1.82) is 0 Å². The van der Waals surface area contributed by atoms with Crippen molar-refractivity contribution in [3.8, 4) is 0 Å². The summed E-state index contributed by atoms with van der Waals surface area (Å²) in [5.74, 6) is 0.310. The van der Waals surface area contributed by atoms with Gasteiger partial charge in [-0.2, -0.15) is 0 Å². The number of aryl methyl sites for hydroxylation is 2. The molecule has 2 aromatic heterocycles. The summed E-state index contributed by atoms with van der Waals surface area (Å²) in [5.41, 5.74) is 2.41. The second kappa shape index (κ2) is 9.67. The highest BCUT2D eigenvalue weighted by atomic mass is 32.1. The first kappa shape index (κ1) is 21.7. The smallest absolute Gasteiger partial charge is 0.259 e. The number of methoxy groups -OCH3 is 1. The van der Waals surface area contributed by atoms with Gasteiger partial charge >= 0.3 is 0 Å². The van der Waals surface area contributed by atoms with E-state index < -0.39 is 0 Å².